The van der Waals surface area contributed by atoms with Crippen LogP contribution < -0.4 is 5.73 Å². The van der Waals surface area contributed by atoms with Crippen molar-refractivity contribution in [1.29, 1.82) is 0 Å². The summed E-state index contributed by atoms with van der Waals surface area (Å²) < 4.78 is 0. The smallest absolute Gasteiger partial charge is 0.0225 e. The Morgan fingerprint density at radius 3 is 2.50 bits per heavy atom. The second-order valence-electron chi connectivity index (χ2n) is 2.69. The molecule has 0 aliphatic heterocycles. The van der Waals surface area contributed by atoms with Gasteiger partial charge in [-0.1, -0.05) is 30.7 Å². The molecule has 1 atom stereocenters. The quantitative estimate of drug-likeness (QED) is 0.596. The van der Waals surface area contributed by atoms with E-state index in [2.05, 4.69) is 19.6 Å². The van der Waals surface area contributed by atoms with Gasteiger partial charge in [0.1, 0.15) is 0 Å². The van der Waals surface area contributed by atoms with Gasteiger partial charge in [0.05, 0.1) is 0 Å². The molecule has 10 heavy (non-hydrogen) atoms. The monoisotopic (exact) mass is 139 g/mol. The number of nitrogens with two attached hydrogens (primary N) is 1. The van der Waals surface area contributed by atoms with Crippen LogP contribution in [0.15, 0.2) is 23.8 Å². The third kappa shape index (κ3) is 3.46. The molecule has 0 heterocycles. The van der Waals surface area contributed by atoms with Gasteiger partial charge in [-0.05, 0) is 20.3 Å². The van der Waals surface area contributed by atoms with Gasteiger partial charge >= 0.3 is 0 Å². The molecular formula is C9H17N. The van der Waals surface area contributed by atoms with Crippen LogP contribution in [-0.4, -0.2) is 6.04 Å². The summed E-state index contributed by atoms with van der Waals surface area (Å²) in [6.45, 7) is 9.97. The molecule has 0 aliphatic carbocycles. The molecule has 1 heteroatoms. The van der Waals surface area contributed by atoms with E-state index in [1.807, 2.05) is 13.8 Å². The first-order valence-electron chi connectivity index (χ1n) is 3.69. The summed E-state index contributed by atoms with van der Waals surface area (Å²) in [4.78, 5) is 0. The molecule has 0 amide bonds. The first-order valence-corrected chi connectivity index (χ1v) is 3.69. The zero-order chi connectivity index (χ0) is 8.15. The fourth-order valence-electron chi connectivity index (χ4n) is 0.555. The van der Waals surface area contributed by atoms with E-state index >= 15 is 0 Å². The maximum absolute atomic E-state index is 5.63. The topological polar surface area (TPSA) is 26.0 Å². The molecule has 1 nitrogen and oxygen atoms in total. The van der Waals surface area contributed by atoms with Crippen LogP contribution in [0.5, 0.6) is 0 Å². The Morgan fingerprint density at radius 1 is 1.70 bits per heavy atom. The molecule has 0 bridgehead atoms. The summed E-state index contributed by atoms with van der Waals surface area (Å²) in [6.07, 6.45) is 3.06. The molecule has 0 aromatic carbocycles. The van der Waals surface area contributed by atoms with Crippen LogP contribution in [0.25, 0.3) is 0 Å². The molecule has 0 saturated heterocycles. The van der Waals surface area contributed by atoms with E-state index in [0.717, 1.165) is 12.0 Å². The Labute approximate surface area is 63.6 Å². The van der Waals surface area contributed by atoms with Crippen molar-refractivity contribution in [1.82, 2.24) is 0 Å². The van der Waals surface area contributed by atoms with Gasteiger partial charge in [0.15, 0.2) is 0 Å². The molecule has 0 fully saturated rings. The van der Waals surface area contributed by atoms with Crippen molar-refractivity contribution in [2.24, 2.45) is 5.73 Å². The van der Waals surface area contributed by atoms with Gasteiger partial charge < -0.3 is 5.73 Å². The zero-order valence-corrected chi connectivity index (χ0v) is 7.15. The second kappa shape index (κ2) is 4.29. The molecule has 58 valence electrons. The van der Waals surface area contributed by atoms with Crippen molar-refractivity contribution >= 4 is 0 Å². The minimum absolute atomic E-state index is 0.156. The van der Waals surface area contributed by atoms with Crippen molar-refractivity contribution in [3.63, 3.8) is 0 Å². The molecule has 0 spiro atoms. The van der Waals surface area contributed by atoms with E-state index in [-0.39, 0.29) is 6.04 Å². The first-order chi connectivity index (χ1) is 4.57. The average molecular weight is 139 g/mol. The fraction of sp³-hybridized carbons (Fsp3) is 0.556. The Morgan fingerprint density at radius 2 is 2.20 bits per heavy atom. The number of allylic oxidation sites excluding steroid dienone is 2. The number of hydrogen-bond acceptors (Lipinski definition) is 1. The summed E-state index contributed by atoms with van der Waals surface area (Å²) in [6, 6.07) is 0.156. The van der Waals surface area contributed by atoms with Crippen LogP contribution in [-0.2, 0) is 0 Å². The number of rotatable bonds is 3. The van der Waals surface area contributed by atoms with E-state index in [9.17, 15) is 0 Å². The molecular weight excluding hydrogens is 122 g/mol. The van der Waals surface area contributed by atoms with Gasteiger partial charge in [0, 0.05) is 6.04 Å². The second-order valence-corrected chi connectivity index (χ2v) is 2.69. The SMILES string of the molecule is C=C(/C=C(/C)C(C)N)CC. The summed E-state index contributed by atoms with van der Waals surface area (Å²) in [5, 5.41) is 0. The van der Waals surface area contributed by atoms with Gasteiger partial charge in [0.2, 0.25) is 0 Å². The Hall–Kier alpha value is -0.560. The minimum atomic E-state index is 0.156. The highest BCUT2D eigenvalue weighted by Gasteiger charge is 1.95. The Bertz CT molecular complexity index is 143. The van der Waals surface area contributed by atoms with E-state index in [1.54, 1.807) is 0 Å². The van der Waals surface area contributed by atoms with Crippen molar-refractivity contribution in [2.45, 2.75) is 33.2 Å². The third-order valence-corrected chi connectivity index (χ3v) is 1.60. The lowest BCUT2D eigenvalue weighted by atomic mass is 10.1. The molecule has 0 saturated carbocycles. The predicted octanol–water partition coefficient (Wildman–Crippen LogP) is 2.25. The van der Waals surface area contributed by atoms with Gasteiger partial charge in [-0.15, -0.1) is 0 Å². The lowest BCUT2D eigenvalue weighted by Crippen LogP contribution is -2.15. The molecule has 2 N–H and O–H groups in total. The van der Waals surface area contributed by atoms with Crippen LogP contribution in [0.3, 0.4) is 0 Å². The highest BCUT2D eigenvalue weighted by atomic mass is 14.6. The van der Waals surface area contributed by atoms with Crippen LogP contribution in [0, 0.1) is 0 Å². The van der Waals surface area contributed by atoms with Crippen LogP contribution in [0.2, 0.25) is 0 Å². The van der Waals surface area contributed by atoms with Crippen LogP contribution in [0.4, 0.5) is 0 Å². The van der Waals surface area contributed by atoms with Crippen molar-refractivity contribution in [2.75, 3.05) is 0 Å². The summed E-state index contributed by atoms with van der Waals surface area (Å²) in [7, 11) is 0. The summed E-state index contributed by atoms with van der Waals surface area (Å²) in [5.74, 6) is 0. The normalized spacial score (nSPS) is 15.0. The van der Waals surface area contributed by atoms with Crippen molar-refractivity contribution in [3.05, 3.63) is 23.8 Å². The molecule has 0 aromatic heterocycles. The summed E-state index contributed by atoms with van der Waals surface area (Å²) >= 11 is 0. The van der Waals surface area contributed by atoms with Gasteiger partial charge in [-0.3, -0.25) is 0 Å². The Balaban J connectivity index is 4.03. The fourth-order valence-corrected chi connectivity index (χ4v) is 0.555. The standard InChI is InChI=1S/C9H17N/c1-5-7(2)6-8(3)9(4)10/h6,9H,2,5,10H2,1,3-4H3/b8-6-. The molecule has 0 rings (SSSR count). The van der Waals surface area contributed by atoms with Gasteiger partial charge in [-0.2, -0.15) is 0 Å². The molecule has 0 aliphatic rings. The number of hydrogen-bond donors (Lipinski definition) is 1. The first kappa shape index (κ1) is 9.44. The lowest BCUT2D eigenvalue weighted by Gasteiger charge is -2.04. The largest absolute Gasteiger partial charge is 0.324 e. The van der Waals surface area contributed by atoms with Crippen molar-refractivity contribution in [3.8, 4) is 0 Å². The highest BCUT2D eigenvalue weighted by molar-refractivity contribution is 5.21. The molecule has 1 unspecified atom stereocenters. The maximum atomic E-state index is 5.63. The zero-order valence-electron chi connectivity index (χ0n) is 7.15. The average Bonchev–Trinajstić information content (AvgIpc) is 1.87. The van der Waals surface area contributed by atoms with E-state index in [1.165, 1.54) is 5.57 Å². The maximum Gasteiger partial charge on any atom is 0.0225 e. The van der Waals surface area contributed by atoms with E-state index < -0.39 is 0 Å². The van der Waals surface area contributed by atoms with Crippen molar-refractivity contribution < 1.29 is 0 Å². The summed E-state index contributed by atoms with van der Waals surface area (Å²) in [5.41, 5.74) is 7.98. The molecule has 0 aromatic rings. The van der Waals surface area contributed by atoms with Gasteiger partial charge in [0.25, 0.3) is 0 Å². The third-order valence-electron chi connectivity index (χ3n) is 1.60. The highest BCUT2D eigenvalue weighted by Crippen LogP contribution is 2.05. The van der Waals surface area contributed by atoms with E-state index in [0.29, 0.717) is 0 Å². The molecule has 0 radical (unpaired) electrons. The lowest BCUT2D eigenvalue weighted by molar-refractivity contribution is 0.857. The van der Waals surface area contributed by atoms with E-state index in [4.69, 9.17) is 5.73 Å². The van der Waals surface area contributed by atoms with Crippen LogP contribution in [0.1, 0.15) is 27.2 Å². The Kier molecular flexibility index (Phi) is 4.05. The predicted molar refractivity (Wildman–Crippen MR) is 46.8 cm³/mol. The van der Waals surface area contributed by atoms with Gasteiger partial charge in [-0.25, -0.2) is 0 Å². The minimum Gasteiger partial charge on any atom is -0.324 e. The van der Waals surface area contributed by atoms with Crippen LogP contribution >= 0.6 is 0 Å².